The second-order valence-electron chi connectivity index (χ2n) is 7.31. The van der Waals surface area contributed by atoms with E-state index in [0.29, 0.717) is 0 Å². The molecule has 0 atom stereocenters. The SMILES string of the molecule is [Ir].[c-]1ccc2c(oc3ccc(N(c4ccccc4)c4ccccc4)cc32)c1-n1cccn1. The van der Waals surface area contributed by atoms with Crippen LogP contribution in [0.3, 0.4) is 0 Å². The van der Waals surface area contributed by atoms with Gasteiger partial charge in [-0.3, -0.25) is 4.68 Å². The Kier molecular flexibility index (Phi) is 5.36. The first kappa shape index (κ1) is 20.3. The zero-order chi connectivity index (χ0) is 20.6. The van der Waals surface area contributed by atoms with E-state index in [-0.39, 0.29) is 20.1 Å². The maximum Gasteiger partial charge on any atom is 0.117 e. The maximum absolute atomic E-state index is 6.24. The first-order valence-corrected chi connectivity index (χ1v) is 10.2. The number of nitrogens with zero attached hydrogens (tertiary/aromatic N) is 3. The van der Waals surface area contributed by atoms with E-state index in [0.717, 1.165) is 44.7 Å². The van der Waals surface area contributed by atoms with Crippen molar-refractivity contribution in [3.8, 4) is 5.69 Å². The van der Waals surface area contributed by atoms with Gasteiger partial charge in [-0.15, -0.1) is 0 Å². The Morgan fingerprint density at radius 2 is 1.47 bits per heavy atom. The molecule has 0 aliphatic heterocycles. The Labute approximate surface area is 199 Å². The molecule has 0 spiro atoms. The average Bonchev–Trinajstić information content (AvgIpc) is 3.49. The summed E-state index contributed by atoms with van der Waals surface area (Å²) in [4.78, 5) is 2.25. The molecule has 6 aromatic rings. The van der Waals surface area contributed by atoms with Crippen LogP contribution < -0.4 is 4.90 Å². The zero-order valence-corrected chi connectivity index (χ0v) is 19.4. The molecule has 0 saturated carbocycles. The Morgan fingerprint density at radius 3 is 2.12 bits per heavy atom. The van der Waals surface area contributed by atoms with Gasteiger partial charge < -0.3 is 9.32 Å². The molecule has 6 rings (SSSR count). The molecule has 0 fully saturated rings. The molecule has 0 saturated heterocycles. The molecule has 4 aromatic carbocycles. The van der Waals surface area contributed by atoms with Crippen LogP contribution in [0.2, 0.25) is 0 Å². The third-order valence-electron chi connectivity index (χ3n) is 5.42. The van der Waals surface area contributed by atoms with Gasteiger partial charge in [0.05, 0.1) is 0 Å². The summed E-state index contributed by atoms with van der Waals surface area (Å²) in [5.41, 5.74) is 5.71. The van der Waals surface area contributed by atoms with Crippen LogP contribution in [-0.4, -0.2) is 9.78 Å². The van der Waals surface area contributed by atoms with Gasteiger partial charge in [0.2, 0.25) is 0 Å². The summed E-state index contributed by atoms with van der Waals surface area (Å²) in [6.45, 7) is 0. The van der Waals surface area contributed by atoms with Crippen molar-refractivity contribution in [2.45, 2.75) is 0 Å². The van der Waals surface area contributed by atoms with Gasteiger partial charge in [-0.05, 0) is 54.2 Å². The Balaban J connectivity index is 0.00000216. The maximum atomic E-state index is 6.24. The second kappa shape index (κ2) is 8.46. The molecule has 2 aromatic heterocycles. The number of hydrogen-bond donors (Lipinski definition) is 0. The van der Waals surface area contributed by atoms with Crippen LogP contribution in [0.25, 0.3) is 27.6 Å². The van der Waals surface area contributed by atoms with E-state index >= 15 is 0 Å². The quantitative estimate of drug-likeness (QED) is 0.206. The van der Waals surface area contributed by atoms with Gasteiger partial charge in [0, 0.05) is 60.5 Å². The van der Waals surface area contributed by atoms with Crippen molar-refractivity contribution in [1.82, 2.24) is 9.78 Å². The minimum absolute atomic E-state index is 0. The molecule has 1 radical (unpaired) electrons. The standard InChI is InChI=1S/C27H18N3O.Ir/c1-3-9-20(10-4-1)30(21-11-5-2-6-12-21)22-15-16-26-24(19-22)23-13-7-14-25(27(23)31-26)29-18-8-17-28-29;/h1-13,15-19H;/q-1;. The smallest absolute Gasteiger partial charge is 0.117 e. The van der Waals surface area contributed by atoms with E-state index in [4.69, 9.17) is 4.42 Å². The second-order valence-corrected chi connectivity index (χ2v) is 7.31. The largest absolute Gasteiger partial charge is 0.513 e. The van der Waals surface area contributed by atoms with Gasteiger partial charge in [-0.25, -0.2) is 0 Å². The van der Waals surface area contributed by atoms with Crippen LogP contribution in [0.4, 0.5) is 17.1 Å². The minimum Gasteiger partial charge on any atom is -0.513 e. The van der Waals surface area contributed by atoms with E-state index in [1.165, 1.54) is 0 Å². The monoisotopic (exact) mass is 593 g/mol. The van der Waals surface area contributed by atoms with Crippen LogP contribution in [0.5, 0.6) is 0 Å². The number of furan rings is 1. The van der Waals surface area contributed by atoms with Gasteiger partial charge >= 0.3 is 0 Å². The summed E-state index contributed by atoms with van der Waals surface area (Å²) >= 11 is 0. The number of rotatable bonds is 4. The van der Waals surface area contributed by atoms with Crippen molar-refractivity contribution >= 4 is 39.0 Å². The Bertz CT molecular complexity index is 1440. The first-order valence-electron chi connectivity index (χ1n) is 10.2. The molecule has 4 nitrogen and oxygen atoms in total. The fourth-order valence-electron chi connectivity index (χ4n) is 4.03. The van der Waals surface area contributed by atoms with Gasteiger partial charge in [0.25, 0.3) is 0 Å². The van der Waals surface area contributed by atoms with Gasteiger partial charge in [0.15, 0.2) is 0 Å². The van der Waals surface area contributed by atoms with E-state index < -0.39 is 0 Å². The summed E-state index contributed by atoms with van der Waals surface area (Å²) in [5.74, 6) is 0. The van der Waals surface area contributed by atoms with Crippen molar-refractivity contribution in [3.05, 3.63) is 116 Å². The molecule has 0 amide bonds. The van der Waals surface area contributed by atoms with Gasteiger partial charge in [-0.2, -0.15) is 23.3 Å². The van der Waals surface area contributed by atoms with Gasteiger partial charge in [0.1, 0.15) is 5.58 Å². The molecule has 0 bridgehead atoms. The van der Waals surface area contributed by atoms with E-state index in [1.54, 1.807) is 10.9 Å². The molecule has 0 aliphatic rings. The normalized spacial score (nSPS) is 10.9. The molecule has 5 heteroatoms. The fraction of sp³-hybridized carbons (Fsp3) is 0. The fourth-order valence-corrected chi connectivity index (χ4v) is 4.03. The number of hydrogen-bond acceptors (Lipinski definition) is 3. The number of aromatic nitrogens is 2. The molecule has 32 heavy (non-hydrogen) atoms. The molecule has 0 unspecified atom stereocenters. The van der Waals surface area contributed by atoms with Crippen molar-refractivity contribution in [2.75, 3.05) is 4.90 Å². The summed E-state index contributed by atoms with van der Waals surface area (Å²) in [5, 5.41) is 6.45. The summed E-state index contributed by atoms with van der Waals surface area (Å²) < 4.78 is 8.03. The van der Waals surface area contributed by atoms with Crippen LogP contribution >= 0.6 is 0 Å². The molecule has 2 heterocycles. The van der Waals surface area contributed by atoms with Crippen LogP contribution in [-0.2, 0) is 20.1 Å². The van der Waals surface area contributed by atoms with Crippen LogP contribution in [0.1, 0.15) is 0 Å². The number of benzene rings is 4. The van der Waals surface area contributed by atoms with Crippen molar-refractivity contribution < 1.29 is 24.5 Å². The number of fused-ring (bicyclic) bond motifs is 3. The molecule has 157 valence electrons. The van der Waals surface area contributed by atoms with Crippen molar-refractivity contribution in [2.24, 2.45) is 0 Å². The van der Waals surface area contributed by atoms with E-state index in [1.807, 2.05) is 42.6 Å². The molecular formula is C27H18IrN3O-. The van der Waals surface area contributed by atoms with Crippen LogP contribution in [0, 0.1) is 6.07 Å². The summed E-state index contributed by atoms with van der Waals surface area (Å²) in [7, 11) is 0. The average molecular weight is 593 g/mol. The summed E-state index contributed by atoms with van der Waals surface area (Å²) in [6, 6.07) is 36.2. The van der Waals surface area contributed by atoms with Crippen LogP contribution in [0.15, 0.2) is 114 Å². The minimum atomic E-state index is 0. The zero-order valence-electron chi connectivity index (χ0n) is 17.0. The molecule has 0 N–H and O–H groups in total. The third-order valence-corrected chi connectivity index (χ3v) is 5.42. The Hall–Kier alpha value is -3.66. The predicted molar refractivity (Wildman–Crippen MR) is 124 cm³/mol. The van der Waals surface area contributed by atoms with E-state index in [2.05, 4.69) is 76.7 Å². The molecule has 0 aliphatic carbocycles. The molecular weight excluding hydrogens is 575 g/mol. The van der Waals surface area contributed by atoms with E-state index in [9.17, 15) is 0 Å². The number of para-hydroxylation sites is 2. The van der Waals surface area contributed by atoms with Crippen molar-refractivity contribution in [3.63, 3.8) is 0 Å². The Morgan fingerprint density at radius 1 is 0.750 bits per heavy atom. The topological polar surface area (TPSA) is 34.2 Å². The first-order chi connectivity index (χ1) is 15.4. The van der Waals surface area contributed by atoms with Gasteiger partial charge in [-0.1, -0.05) is 41.8 Å². The predicted octanol–water partition coefficient (Wildman–Crippen LogP) is 7.04. The summed E-state index contributed by atoms with van der Waals surface area (Å²) in [6.07, 6.45) is 3.65. The third kappa shape index (κ3) is 3.42. The van der Waals surface area contributed by atoms with Crippen molar-refractivity contribution in [1.29, 1.82) is 0 Å². The number of anilines is 3.